The van der Waals surface area contributed by atoms with Crippen molar-refractivity contribution in [1.29, 1.82) is 0 Å². The molecule has 13 heavy (non-hydrogen) atoms. The Labute approximate surface area is 79.6 Å². The van der Waals surface area contributed by atoms with Gasteiger partial charge in [-0.3, -0.25) is 0 Å². The van der Waals surface area contributed by atoms with E-state index >= 15 is 0 Å². The Hall–Kier alpha value is -1.06. The average Bonchev–Trinajstić information content (AvgIpc) is 2.10. The highest BCUT2D eigenvalue weighted by Gasteiger charge is 2.00. The Kier molecular flexibility index (Phi) is 5.93. The van der Waals surface area contributed by atoms with Crippen LogP contribution in [0.25, 0.3) is 0 Å². The van der Waals surface area contributed by atoms with Gasteiger partial charge in [0, 0.05) is 5.71 Å². The van der Waals surface area contributed by atoms with Crippen LogP contribution in [-0.4, -0.2) is 11.7 Å². The molecule has 0 aliphatic heterocycles. The molecule has 0 aliphatic rings. The molecule has 0 aromatic heterocycles. The zero-order valence-electron chi connectivity index (χ0n) is 8.63. The molecule has 0 radical (unpaired) electrons. The number of nitrogens with one attached hydrogen (secondary N) is 1. The van der Waals surface area contributed by atoms with Crippen LogP contribution in [0.3, 0.4) is 0 Å². The van der Waals surface area contributed by atoms with Gasteiger partial charge in [-0.1, -0.05) is 20.3 Å². The van der Waals surface area contributed by atoms with Crippen molar-refractivity contribution in [3.63, 3.8) is 0 Å². The number of hydrogen-bond acceptors (Lipinski definition) is 2. The van der Waals surface area contributed by atoms with Gasteiger partial charge in [-0.15, -0.1) is 0 Å². The summed E-state index contributed by atoms with van der Waals surface area (Å²) in [5.41, 5.74) is 8.00. The van der Waals surface area contributed by atoms with Gasteiger partial charge >= 0.3 is 6.03 Å². The highest BCUT2D eigenvalue weighted by molar-refractivity contribution is 5.83. The van der Waals surface area contributed by atoms with E-state index in [1.807, 2.05) is 6.92 Å². The highest BCUT2D eigenvalue weighted by atomic mass is 16.2. The van der Waals surface area contributed by atoms with Crippen molar-refractivity contribution in [3.8, 4) is 0 Å². The van der Waals surface area contributed by atoms with Crippen molar-refractivity contribution in [2.45, 2.75) is 40.0 Å². The minimum atomic E-state index is -0.608. The minimum Gasteiger partial charge on any atom is -0.350 e. The lowest BCUT2D eigenvalue weighted by molar-refractivity contribution is 0.249. The molecule has 3 N–H and O–H groups in total. The summed E-state index contributed by atoms with van der Waals surface area (Å²) in [5.74, 6) is 0.707. The van der Waals surface area contributed by atoms with E-state index in [-0.39, 0.29) is 0 Å². The van der Waals surface area contributed by atoms with Crippen LogP contribution in [-0.2, 0) is 0 Å². The van der Waals surface area contributed by atoms with Gasteiger partial charge < -0.3 is 5.73 Å². The number of hydrazone groups is 1. The second-order valence-electron chi connectivity index (χ2n) is 3.38. The minimum absolute atomic E-state index is 0.608. The fourth-order valence-electron chi connectivity index (χ4n) is 0.866. The smallest absolute Gasteiger partial charge is 0.332 e. The van der Waals surface area contributed by atoms with E-state index in [2.05, 4.69) is 24.4 Å². The number of nitrogens with zero attached hydrogens (tertiary/aromatic N) is 1. The topological polar surface area (TPSA) is 67.5 Å². The fraction of sp³-hybridized carbons (Fsp3) is 0.778. The number of carbonyl (C=O) groups excluding carboxylic acids is 1. The van der Waals surface area contributed by atoms with Crippen LogP contribution in [0, 0.1) is 5.92 Å². The Balaban J connectivity index is 3.66. The molecule has 0 unspecified atom stereocenters. The third-order valence-corrected chi connectivity index (χ3v) is 2.05. The molecule has 0 aliphatic carbocycles. The summed E-state index contributed by atoms with van der Waals surface area (Å²) in [6, 6.07) is -0.608. The molecule has 76 valence electrons. The summed E-state index contributed by atoms with van der Waals surface area (Å²) in [5, 5.41) is 3.82. The summed E-state index contributed by atoms with van der Waals surface area (Å²) in [6.45, 7) is 6.26. The van der Waals surface area contributed by atoms with Crippen LogP contribution in [0.5, 0.6) is 0 Å². The molecule has 2 amide bonds. The van der Waals surface area contributed by atoms with Gasteiger partial charge in [0.1, 0.15) is 0 Å². The first-order valence-electron chi connectivity index (χ1n) is 4.64. The quantitative estimate of drug-likeness (QED) is 0.498. The molecular formula is C9H19N3O. The maximum absolute atomic E-state index is 10.3. The van der Waals surface area contributed by atoms with E-state index in [4.69, 9.17) is 5.73 Å². The molecule has 4 nitrogen and oxygen atoms in total. The normalized spacial score (nSPS) is 13.9. The lowest BCUT2D eigenvalue weighted by Crippen LogP contribution is -2.25. The van der Waals surface area contributed by atoms with E-state index in [0.717, 1.165) is 18.6 Å². The predicted molar refractivity (Wildman–Crippen MR) is 54.5 cm³/mol. The molecule has 0 heterocycles. The molecular weight excluding hydrogens is 166 g/mol. The van der Waals surface area contributed by atoms with Crippen LogP contribution < -0.4 is 11.2 Å². The molecule has 4 heteroatoms. The second kappa shape index (κ2) is 6.46. The third-order valence-electron chi connectivity index (χ3n) is 2.05. The van der Waals surface area contributed by atoms with Crippen molar-refractivity contribution >= 4 is 11.7 Å². The lowest BCUT2D eigenvalue weighted by Gasteiger charge is -2.06. The van der Waals surface area contributed by atoms with Crippen LogP contribution in [0.15, 0.2) is 5.10 Å². The van der Waals surface area contributed by atoms with E-state index in [1.165, 1.54) is 6.42 Å². The van der Waals surface area contributed by atoms with Crippen LogP contribution in [0.1, 0.15) is 40.0 Å². The average molecular weight is 185 g/mol. The van der Waals surface area contributed by atoms with Crippen LogP contribution >= 0.6 is 0 Å². The number of amides is 2. The van der Waals surface area contributed by atoms with Gasteiger partial charge in [-0.2, -0.15) is 5.10 Å². The predicted octanol–water partition coefficient (Wildman–Crippen LogP) is 1.86. The molecule has 0 saturated heterocycles. The molecule has 0 spiro atoms. The number of rotatable bonds is 5. The van der Waals surface area contributed by atoms with E-state index in [9.17, 15) is 4.79 Å². The van der Waals surface area contributed by atoms with Gasteiger partial charge in [-0.05, 0) is 25.7 Å². The maximum Gasteiger partial charge on any atom is 0.332 e. The van der Waals surface area contributed by atoms with Crippen molar-refractivity contribution in [1.82, 2.24) is 5.43 Å². The molecule has 0 saturated carbocycles. The summed E-state index contributed by atoms with van der Waals surface area (Å²) < 4.78 is 0. The molecule has 1 atom stereocenters. The second-order valence-corrected chi connectivity index (χ2v) is 3.38. The number of nitrogens with two attached hydrogens (primary N) is 1. The Morgan fingerprint density at radius 2 is 2.23 bits per heavy atom. The van der Waals surface area contributed by atoms with Crippen LogP contribution in [0.4, 0.5) is 4.79 Å². The van der Waals surface area contributed by atoms with Crippen LogP contribution in [0.2, 0.25) is 0 Å². The standard InChI is InChI=1S/C9H19N3O/c1-4-7(2)5-6-8(3)11-12-9(10)13/h7H,4-6H2,1-3H3,(H3,10,12,13)/b11-8+/t7-/m1/s1. The Bertz CT molecular complexity index is 189. The largest absolute Gasteiger partial charge is 0.350 e. The number of carbonyl (C=O) groups is 1. The van der Waals surface area contributed by atoms with Crippen molar-refractivity contribution in [2.75, 3.05) is 0 Å². The zero-order chi connectivity index (χ0) is 10.3. The van der Waals surface area contributed by atoms with Gasteiger partial charge in [-0.25, -0.2) is 10.2 Å². The highest BCUT2D eigenvalue weighted by Crippen LogP contribution is 2.09. The first-order chi connectivity index (χ1) is 6.06. The molecule has 0 fully saturated rings. The lowest BCUT2D eigenvalue weighted by atomic mass is 10.0. The maximum atomic E-state index is 10.3. The number of primary amides is 1. The monoisotopic (exact) mass is 185 g/mol. The molecule has 0 aromatic rings. The van der Waals surface area contributed by atoms with Crippen molar-refractivity contribution < 1.29 is 4.79 Å². The molecule has 0 bridgehead atoms. The summed E-state index contributed by atoms with van der Waals surface area (Å²) in [7, 11) is 0. The van der Waals surface area contributed by atoms with E-state index in [0.29, 0.717) is 5.92 Å². The van der Waals surface area contributed by atoms with E-state index in [1.54, 1.807) is 0 Å². The van der Waals surface area contributed by atoms with Gasteiger partial charge in [0.25, 0.3) is 0 Å². The Morgan fingerprint density at radius 3 is 2.69 bits per heavy atom. The fourth-order valence-corrected chi connectivity index (χ4v) is 0.866. The van der Waals surface area contributed by atoms with Crippen molar-refractivity contribution in [2.24, 2.45) is 16.8 Å². The van der Waals surface area contributed by atoms with Gasteiger partial charge in [0.05, 0.1) is 0 Å². The summed E-state index contributed by atoms with van der Waals surface area (Å²) in [6.07, 6.45) is 3.19. The summed E-state index contributed by atoms with van der Waals surface area (Å²) >= 11 is 0. The first kappa shape index (κ1) is 11.9. The summed E-state index contributed by atoms with van der Waals surface area (Å²) in [4.78, 5) is 10.3. The molecule has 0 aromatic carbocycles. The number of hydrogen-bond donors (Lipinski definition) is 2. The van der Waals surface area contributed by atoms with Crippen molar-refractivity contribution in [3.05, 3.63) is 0 Å². The van der Waals surface area contributed by atoms with E-state index < -0.39 is 6.03 Å². The van der Waals surface area contributed by atoms with Gasteiger partial charge in [0.15, 0.2) is 0 Å². The van der Waals surface area contributed by atoms with Gasteiger partial charge in [0.2, 0.25) is 0 Å². The number of urea groups is 1. The first-order valence-corrected chi connectivity index (χ1v) is 4.64. The Morgan fingerprint density at radius 1 is 1.62 bits per heavy atom. The SMILES string of the molecule is CC[C@@H](C)CC/C(C)=N/NC(N)=O. The molecule has 0 rings (SSSR count). The third kappa shape index (κ3) is 7.31. The zero-order valence-corrected chi connectivity index (χ0v) is 8.63.